The summed E-state index contributed by atoms with van der Waals surface area (Å²) in [4.78, 5) is 12.5. The molecule has 102 valence electrons. The van der Waals surface area contributed by atoms with E-state index in [0.29, 0.717) is 24.3 Å². The van der Waals surface area contributed by atoms with Crippen LogP contribution in [0.1, 0.15) is 27.9 Å². The van der Waals surface area contributed by atoms with Crippen LogP contribution >= 0.6 is 0 Å². The number of Topliss-reactive ketones (excluding diaryl/α,β-unsaturated/α-hetero) is 1. The lowest BCUT2D eigenvalue weighted by Crippen LogP contribution is -2.14. The Hall–Kier alpha value is -2.29. The number of para-hydroxylation sites is 1. The van der Waals surface area contributed by atoms with Crippen LogP contribution in [0.3, 0.4) is 0 Å². The molecule has 0 amide bonds. The van der Waals surface area contributed by atoms with Gasteiger partial charge in [0, 0.05) is 12.1 Å². The SMILES string of the molecule is Nc1cccc(CC(=O)c2cccc3c2OCCC3)c1. The van der Waals surface area contributed by atoms with Crippen molar-refractivity contribution in [3.63, 3.8) is 0 Å². The third kappa shape index (κ3) is 2.52. The van der Waals surface area contributed by atoms with E-state index in [9.17, 15) is 4.79 Å². The van der Waals surface area contributed by atoms with Crippen LogP contribution in [0.2, 0.25) is 0 Å². The number of rotatable bonds is 3. The summed E-state index contributed by atoms with van der Waals surface area (Å²) in [6.45, 7) is 0.690. The minimum Gasteiger partial charge on any atom is -0.493 e. The van der Waals surface area contributed by atoms with Crippen LogP contribution in [0.15, 0.2) is 42.5 Å². The molecule has 2 aromatic carbocycles. The highest BCUT2D eigenvalue weighted by Crippen LogP contribution is 2.29. The summed E-state index contributed by atoms with van der Waals surface area (Å²) in [7, 11) is 0. The van der Waals surface area contributed by atoms with Gasteiger partial charge in [0.1, 0.15) is 5.75 Å². The lowest BCUT2D eigenvalue weighted by molar-refractivity contribution is 0.0988. The fraction of sp³-hybridized carbons (Fsp3) is 0.235. The lowest BCUT2D eigenvalue weighted by Gasteiger charge is -2.19. The predicted molar refractivity (Wildman–Crippen MR) is 79.1 cm³/mol. The zero-order valence-corrected chi connectivity index (χ0v) is 11.3. The summed E-state index contributed by atoms with van der Waals surface area (Å²) in [6, 6.07) is 13.3. The Morgan fingerprint density at radius 3 is 2.90 bits per heavy atom. The van der Waals surface area contributed by atoms with Gasteiger partial charge in [-0.1, -0.05) is 24.3 Å². The van der Waals surface area contributed by atoms with E-state index in [1.54, 1.807) is 0 Å². The molecule has 20 heavy (non-hydrogen) atoms. The van der Waals surface area contributed by atoms with Gasteiger partial charge in [-0.3, -0.25) is 4.79 Å². The Morgan fingerprint density at radius 1 is 1.20 bits per heavy atom. The molecule has 0 aliphatic carbocycles. The van der Waals surface area contributed by atoms with Crippen molar-refractivity contribution in [2.45, 2.75) is 19.3 Å². The fourth-order valence-corrected chi connectivity index (χ4v) is 2.59. The molecular formula is C17H17NO2. The number of fused-ring (bicyclic) bond motifs is 1. The van der Waals surface area contributed by atoms with Crippen LogP contribution in [-0.2, 0) is 12.8 Å². The number of aryl methyl sites for hydroxylation is 1. The summed E-state index contributed by atoms with van der Waals surface area (Å²) >= 11 is 0. The minimum atomic E-state index is 0.0781. The zero-order chi connectivity index (χ0) is 13.9. The summed E-state index contributed by atoms with van der Waals surface area (Å²) in [5, 5.41) is 0. The second-order valence-corrected chi connectivity index (χ2v) is 5.09. The van der Waals surface area contributed by atoms with E-state index < -0.39 is 0 Å². The Bertz CT molecular complexity index is 649. The number of hydrogen-bond donors (Lipinski definition) is 1. The van der Waals surface area contributed by atoms with Crippen molar-refractivity contribution < 1.29 is 9.53 Å². The van der Waals surface area contributed by atoms with Gasteiger partial charge in [0.05, 0.1) is 12.2 Å². The largest absolute Gasteiger partial charge is 0.493 e. The molecule has 3 rings (SSSR count). The topological polar surface area (TPSA) is 52.3 Å². The molecule has 2 N–H and O–H groups in total. The molecule has 0 bridgehead atoms. The van der Waals surface area contributed by atoms with E-state index in [1.807, 2.05) is 42.5 Å². The zero-order valence-electron chi connectivity index (χ0n) is 11.3. The van der Waals surface area contributed by atoms with Crippen LogP contribution in [0.4, 0.5) is 5.69 Å². The maximum atomic E-state index is 12.5. The number of carbonyl (C=O) groups excluding carboxylic acids is 1. The van der Waals surface area contributed by atoms with Crippen molar-refractivity contribution in [3.8, 4) is 5.75 Å². The van der Waals surface area contributed by atoms with Crippen molar-refractivity contribution in [2.75, 3.05) is 12.3 Å². The van der Waals surface area contributed by atoms with E-state index >= 15 is 0 Å². The molecule has 0 saturated heterocycles. The second kappa shape index (κ2) is 5.37. The standard InChI is InChI=1S/C17H17NO2/c18-14-7-1-4-12(10-14)11-16(19)15-8-2-5-13-6-3-9-20-17(13)15/h1-2,4-5,7-8,10H,3,6,9,11,18H2. The minimum absolute atomic E-state index is 0.0781. The first-order valence-corrected chi connectivity index (χ1v) is 6.86. The van der Waals surface area contributed by atoms with Crippen molar-refractivity contribution in [1.82, 2.24) is 0 Å². The molecule has 1 aliphatic heterocycles. The number of carbonyl (C=O) groups is 1. The third-order valence-corrected chi connectivity index (χ3v) is 3.55. The molecule has 1 aliphatic rings. The first-order valence-electron chi connectivity index (χ1n) is 6.86. The first kappa shape index (κ1) is 12.7. The van der Waals surface area contributed by atoms with Crippen molar-refractivity contribution in [2.24, 2.45) is 0 Å². The number of ketones is 1. The van der Waals surface area contributed by atoms with Gasteiger partial charge in [0.15, 0.2) is 5.78 Å². The molecule has 3 nitrogen and oxygen atoms in total. The maximum absolute atomic E-state index is 12.5. The normalized spacial score (nSPS) is 13.4. The fourth-order valence-electron chi connectivity index (χ4n) is 2.59. The molecule has 0 spiro atoms. The average Bonchev–Trinajstić information content (AvgIpc) is 2.46. The highest BCUT2D eigenvalue weighted by molar-refractivity contribution is 6.00. The highest BCUT2D eigenvalue weighted by Gasteiger charge is 2.19. The van der Waals surface area contributed by atoms with Crippen molar-refractivity contribution in [3.05, 3.63) is 59.2 Å². The lowest BCUT2D eigenvalue weighted by atomic mass is 9.97. The molecular weight excluding hydrogens is 250 g/mol. The molecule has 0 radical (unpaired) electrons. The Labute approximate surface area is 118 Å². The summed E-state index contributed by atoms with van der Waals surface area (Å²) in [5.41, 5.74) is 9.18. The van der Waals surface area contributed by atoms with Crippen LogP contribution in [-0.4, -0.2) is 12.4 Å². The second-order valence-electron chi connectivity index (χ2n) is 5.09. The quantitative estimate of drug-likeness (QED) is 0.687. The van der Waals surface area contributed by atoms with Crippen molar-refractivity contribution >= 4 is 11.5 Å². The predicted octanol–water partition coefficient (Wildman–Crippen LogP) is 3.02. The molecule has 0 unspecified atom stereocenters. The summed E-state index contributed by atoms with van der Waals surface area (Å²) < 4.78 is 5.69. The van der Waals surface area contributed by atoms with Crippen LogP contribution in [0.5, 0.6) is 5.75 Å². The highest BCUT2D eigenvalue weighted by atomic mass is 16.5. The Morgan fingerprint density at radius 2 is 2.05 bits per heavy atom. The van der Waals surface area contributed by atoms with E-state index in [1.165, 1.54) is 0 Å². The number of hydrogen-bond acceptors (Lipinski definition) is 3. The molecule has 2 aromatic rings. The van der Waals surface area contributed by atoms with Gasteiger partial charge < -0.3 is 10.5 Å². The third-order valence-electron chi connectivity index (χ3n) is 3.55. The molecule has 3 heteroatoms. The summed E-state index contributed by atoms with van der Waals surface area (Å²) in [5.74, 6) is 0.849. The summed E-state index contributed by atoms with van der Waals surface area (Å²) in [6.07, 6.45) is 2.35. The number of anilines is 1. The van der Waals surface area contributed by atoms with Crippen LogP contribution in [0, 0.1) is 0 Å². The van der Waals surface area contributed by atoms with E-state index in [0.717, 1.165) is 29.7 Å². The Balaban J connectivity index is 1.88. The van der Waals surface area contributed by atoms with Gasteiger partial charge >= 0.3 is 0 Å². The molecule has 0 fully saturated rings. The average molecular weight is 267 g/mol. The monoisotopic (exact) mass is 267 g/mol. The van der Waals surface area contributed by atoms with Gasteiger partial charge in [0.2, 0.25) is 0 Å². The van der Waals surface area contributed by atoms with E-state index in [-0.39, 0.29) is 5.78 Å². The van der Waals surface area contributed by atoms with Gasteiger partial charge in [-0.05, 0) is 42.2 Å². The van der Waals surface area contributed by atoms with Gasteiger partial charge in [0.25, 0.3) is 0 Å². The number of nitrogens with two attached hydrogens (primary N) is 1. The number of ether oxygens (including phenoxy) is 1. The van der Waals surface area contributed by atoms with Crippen LogP contribution < -0.4 is 10.5 Å². The smallest absolute Gasteiger partial charge is 0.170 e. The van der Waals surface area contributed by atoms with Gasteiger partial charge in [-0.25, -0.2) is 0 Å². The first-order chi connectivity index (χ1) is 9.74. The molecule has 0 saturated carbocycles. The number of nitrogen functional groups attached to an aromatic ring is 1. The Kier molecular flexibility index (Phi) is 3.42. The number of benzene rings is 2. The molecule has 0 aromatic heterocycles. The molecule has 0 atom stereocenters. The van der Waals surface area contributed by atoms with Gasteiger partial charge in [-0.2, -0.15) is 0 Å². The van der Waals surface area contributed by atoms with E-state index in [2.05, 4.69) is 0 Å². The van der Waals surface area contributed by atoms with Crippen molar-refractivity contribution in [1.29, 1.82) is 0 Å². The van der Waals surface area contributed by atoms with Crippen LogP contribution in [0.25, 0.3) is 0 Å². The molecule has 1 heterocycles. The van der Waals surface area contributed by atoms with E-state index in [4.69, 9.17) is 10.5 Å². The van der Waals surface area contributed by atoms with Gasteiger partial charge in [-0.15, -0.1) is 0 Å². The maximum Gasteiger partial charge on any atom is 0.170 e.